The van der Waals surface area contributed by atoms with Crippen LogP contribution in [0.3, 0.4) is 0 Å². The summed E-state index contributed by atoms with van der Waals surface area (Å²) in [5.41, 5.74) is 1.12. The van der Waals surface area contributed by atoms with Gasteiger partial charge in [0.2, 0.25) is 5.88 Å². The molecule has 0 unspecified atom stereocenters. The van der Waals surface area contributed by atoms with Gasteiger partial charge in [-0.25, -0.2) is 9.37 Å². The number of thioether (sulfide) groups is 1. The molecule has 2 rings (SSSR count). The number of halogens is 1. The molecule has 1 aromatic heterocycles. The Morgan fingerprint density at radius 1 is 1.18 bits per heavy atom. The SMILES string of the molecule is CSc1c(C)ccnc1Oc1ccc(F)cc1. The second-order valence-corrected chi connectivity index (χ2v) is 4.34. The molecule has 2 nitrogen and oxygen atoms in total. The van der Waals surface area contributed by atoms with Crippen LogP contribution in [0.4, 0.5) is 4.39 Å². The fourth-order valence-electron chi connectivity index (χ4n) is 1.46. The van der Waals surface area contributed by atoms with Crippen LogP contribution in [-0.2, 0) is 0 Å². The molecular formula is C13H12FNOS. The van der Waals surface area contributed by atoms with Crippen LogP contribution in [0.2, 0.25) is 0 Å². The van der Waals surface area contributed by atoms with E-state index in [-0.39, 0.29) is 5.82 Å². The van der Waals surface area contributed by atoms with E-state index in [0.717, 1.165) is 10.5 Å². The van der Waals surface area contributed by atoms with Gasteiger partial charge >= 0.3 is 0 Å². The quantitative estimate of drug-likeness (QED) is 0.766. The molecule has 1 heterocycles. The summed E-state index contributed by atoms with van der Waals surface area (Å²) < 4.78 is 18.4. The van der Waals surface area contributed by atoms with Gasteiger partial charge in [-0.2, -0.15) is 0 Å². The zero-order valence-electron chi connectivity index (χ0n) is 9.61. The van der Waals surface area contributed by atoms with Crippen molar-refractivity contribution < 1.29 is 9.13 Å². The van der Waals surface area contributed by atoms with Crippen LogP contribution in [0.1, 0.15) is 5.56 Å². The van der Waals surface area contributed by atoms with E-state index >= 15 is 0 Å². The van der Waals surface area contributed by atoms with E-state index in [4.69, 9.17) is 4.74 Å². The number of ether oxygens (including phenoxy) is 1. The Morgan fingerprint density at radius 2 is 1.88 bits per heavy atom. The largest absolute Gasteiger partial charge is 0.438 e. The van der Waals surface area contributed by atoms with E-state index in [2.05, 4.69) is 4.98 Å². The molecule has 0 saturated heterocycles. The molecule has 0 aliphatic rings. The minimum absolute atomic E-state index is 0.278. The summed E-state index contributed by atoms with van der Waals surface area (Å²) in [6.07, 6.45) is 3.68. The molecule has 0 saturated carbocycles. The maximum absolute atomic E-state index is 12.8. The minimum Gasteiger partial charge on any atom is -0.438 e. The predicted molar refractivity (Wildman–Crippen MR) is 67.2 cm³/mol. The van der Waals surface area contributed by atoms with Gasteiger partial charge in [0, 0.05) is 6.20 Å². The summed E-state index contributed by atoms with van der Waals surface area (Å²) in [7, 11) is 0. The first-order valence-electron chi connectivity index (χ1n) is 5.13. The summed E-state index contributed by atoms with van der Waals surface area (Å²) in [6.45, 7) is 2.00. The molecule has 0 radical (unpaired) electrons. The fourth-order valence-corrected chi connectivity index (χ4v) is 2.11. The van der Waals surface area contributed by atoms with Gasteiger partial charge in [-0.05, 0) is 49.1 Å². The molecule has 17 heavy (non-hydrogen) atoms. The van der Waals surface area contributed by atoms with E-state index in [1.807, 2.05) is 19.2 Å². The van der Waals surface area contributed by atoms with Crippen molar-refractivity contribution >= 4 is 11.8 Å². The zero-order valence-corrected chi connectivity index (χ0v) is 10.4. The summed E-state index contributed by atoms with van der Waals surface area (Å²) in [6, 6.07) is 7.84. The van der Waals surface area contributed by atoms with Crippen LogP contribution in [0, 0.1) is 12.7 Å². The van der Waals surface area contributed by atoms with Crippen LogP contribution in [0.5, 0.6) is 11.6 Å². The number of aryl methyl sites for hydroxylation is 1. The van der Waals surface area contributed by atoms with Gasteiger partial charge in [0.1, 0.15) is 11.6 Å². The molecule has 0 atom stereocenters. The predicted octanol–water partition coefficient (Wildman–Crippen LogP) is 4.04. The van der Waals surface area contributed by atoms with Crippen LogP contribution in [0.25, 0.3) is 0 Å². The maximum atomic E-state index is 12.8. The highest BCUT2D eigenvalue weighted by molar-refractivity contribution is 7.98. The second-order valence-electron chi connectivity index (χ2n) is 3.52. The lowest BCUT2D eigenvalue weighted by Crippen LogP contribution is -1.92. The third kappa shape index (κ3) is 2.77. The molecule has 0 fully saturated rings. The van der Waals surface area contributed by atoms with Gasteiger partial charge < -0.3 is 4.74 Å². The van der Waals surface area contributed by atoms with Crippen molar-refractivity contribution in [2.24, 2.45) is 0 Å². The highest BCUT2D eigenvalue weighted by Gasteiger charge is 2.08. The van der Waals surface area contributed by atoms with Gasteiger partial charge in [-0.15, -0.1) is 11.8 Å². The summed E-state index contributed by atoms with van der Waals surface area (Å²) >= 11 is 1.58. The lowest BCUT2D eigenvalue weighted by molar-refractivity contribution is 0.448. The van der Waals surface area contributed by atoms with Gasteiger partial charge in [-0.3, -0.25) is 0 Å². The minimum atomic E-state index is -0.278. The Bertz CT molecular complexity index is 513. The van der Waals surface area contributed by atoms with Crippen LogP contribution in [-0.4, -0.2) is 11.2 Å². The molecule has 88 valence electrons. The van der Waals surface area contributed by atoms with E-state index in [9.17, 15) is 4.39 Å². The van der Waals surface area contributed by atoms with E-state index < -0.39 is 0 Å². The number of aromatic nitrogens is 1. The van der Waals surface area contributed by atoms with Crippen molar-refractivity contribution in [1.82, 2.24) is 4.98 Å². The van der Waals surface area contributed by atoms with E-state index in [1.165, 1.54) is 12.1 Å². The van der Waals surface area contributed by atoms with Crippen LogP contribution >= 0.6 is 11.8 Å². The zero-order chi connectivity index (χ0) is 12.3. The Hall–Kier alpha value is -1.55. The molecule has 1 aromatic carbocycles. The summed E-state index contributed by atoms with van der Waals surface area (Å²) in [5, 5.41) is 0. The number of benzene rings is 1. The molecule has 0 N–H and O–H groups in total. The topological polar surface area (TPSA) is 22.1 Å². The van der Waals surface area contributed by atoms with Crippen molar-refractivity contribution in [2.45, 2.75) is 11.8 Å². The number of pyridine rings is 1. The number of rotatable bonds is 3. The monoisotopic (exact) mass is 249 g/mol. The van der Waals surface area contributed by atoms with Gasteiger partial charge in [0.25, 0.3) is 0 Å². The molecule has 0 amide bonds. The average Bonchev–Trinajstić information content (AvgIpc) is 2.32. The molecule has 0 spiro atoms. The van der Waals surface area contributed by atoms with Crippen molar-refractivity contribution in [3.05, 3.63) is 47.9 Å². The highest BCUT2D eigenvalue weighted by Crippen LogP contribution is 2.31. The van der Waals surface area contributed by atoms with Crippen molar-refractivity contribution in [3.8, 4) is 11.6 Å². The summed E-state index contributed by atoms with van der Waals surface area (Å²) in [4.78, 5) is 5.19. The van der Waals surface area contributed by atoms with Gasteiger partial charge in [-0.1, -0.05) is 0 Å². The second kappa shape index (κ2) is 5.19. The molecular weight excluding hydrogens is 237 g/mol. The Balaban J connectivity index is 2.29. The third-order valence-corrected chi connectivity index (χ3v) is 3.21. The smallest absolute Gasteiger partial charge is 0.233 e. The number of hydrogen-bond acceptors (Lipinski definition) is 3. The first-order valence-corrected chi connectivity index (χ1v) is 6.36. The molecule has 0 aliphatic heterocycles. The molecule has 2 aromatic rings. The molecule has 0 aliphatic carbocycles. The normalized spacial score (nSPS) is 10.3. The number of nitrogens with zero attached hydrogens (tertiary/aromatic N) is 1. The number of hydrogen-bond donors (Lipinski definition) is 0. The fraction of sp³-hybridized carbons (Fsp3) is 0.154. The first-order chi connectivity index (χ1) is 8.20. The van der Waals surface area contributed by atoms with Crippen molar-refractivity contribution in [3.63, 3.8) is 0 Å². The first kappa shape index (κ1) is 11.9. The lowest BCUT2D eigenvalue weighted by atomic mass is 10.3. The third-order valence-electron chi connectivity index (χ3n) is 2.30. The van der Waals surface area contributed by atoms with Crippen LogP contribution in [0.15, 0.2) is 41.4 Å². The Morgan fingerprint density at radius 3 is 2.53 bits per heavy atom. The molecule has 0 bridgehead atoms. The molecule has 4 heteroatoms. The van der Waals surface area contributed by atoms with Gasteiger partial charge in [0.15, 0.2) is 0 Å². The van der Waals surface area contributed by atoms with Gasteiger partial charge in [0.05, 0.1) is 4.90 Å². The van der Waals surface area contributed by atoms with E-state index in [0.29, 0.717) is 11.6 Å². The Labute approximate surface area is 104 Å². The van der Waals surface area contributed by atoms with Crippen molar-refractivity contribution in [2.75, 3.05) is 6.26 Å². The summed E-state index contributed by atoms with van der Waals surface area (Å²) in [5.74, 6) is 0.864. The van der Waals surface area contributed by atoms with E-state index in [1.54, 1.807) is 30.1 Å². The van der Waals surface area contributed by atoms with Crippen molar-refractivity contribution in [1.29, 1.82) is 0 Å². The standard InChI is InChI=1S/C13H12FNOS/c1-9-7-8-15-13(12(9)17-2)16-11-5-3-10(14)4-6-11/h3-8H,1-2H3. The van der Waals surface area contributed by atoms with Crippen LogP contribution < -0.4 is 4.74 Å². The average molecular weight is 249 g/mol. The highest BCUT2D eigenvalue weighted by atomic mass is 32.2. The lowest BCUT2D eigenvalue weighted by Gasteiger charge is -2.10. The Kier molecular flexibility index (Phi) is 3.64. The maximum Gasteiger partial charge on any atom is 0.233 e.